The Kier molecular flexibility index (Phi) is 2.88. The van der Waals surface area contributed by atoms with Gasteiger partial charge in [0.15, 0.2) is 0 Å². The highest BCUT2D eigenvalue weighted by atomic mass is 35.5. The van der Waals surface area contributed by atoms with Gasteiger partial charge in [-0.2, -0.15) is 15.0 Å². The second-order valence-corrected chi connectivity index (χ2v) is 5.20. The topological polar surface area (TPSA) is 76.7 Å². The Morgan fingerprint density at radius 3 is 2.69 bits per heavy atom. The van der Waals surface area contributed by atoms with Crippen LogP contribution in [0.25, 0.3) is 0 Å². The third kappa shape index (κ3) is 2.35. The Morgan fingerprint density at radius 1 is 1.38 bits per heavy atom. The van der Waals surface area contributed by atoms with Crippen molar-refractivity contribution in [3.63, 3.8) is 0 Å². The maximum atomic E-state index is 5.72. The first-order valence-corrected chi connectivity index (χ1v) is 5.79. The van der Waals surface area contributed by atoms with Crippen molar-refractivity contribution in [2.75, 3.05) is 11.1 Å². The fraction of sp³-hybridized carbons (Fsp3) is 0.700. The SMILES string of the molecule is CC1(C)CCCC1Nc1nc(N)nc(Cl)n1. The molecule has 0 bridgehead atoms. The van der Waals surface area contributed by atoms with Gasteiger partial charge < -0.3 is 11.1 Å². The van der Waals surface area contributed by atoms with E-state index in [1.165, 1.54) is 12.8 Å². The van der Waals surface area contributed by atoms with Crippen LogP contribution >= 0.6 is 11.6 Å². The third-order valence-corrected chi connectivity index (χ3v) is 3.36. The van der Waals surface area contributed by atoms with Crippen LogP contribution in [-0.2, 0) is 0 Å². The molecule has 1 aliphatic carbocycles. The molecule has 5 nitrogen and oxygen atoms in total. The summed E-state index contributed by atoms with van der Waals surface area (Å²) in [5.74, 6) is 0.621. The lowest BCUT2D eigenvalue weighted by molar-refractivity contribution is 0.349. The Hall–Kier alpha value is -1.10. The second kappa shape index (κ2) is 4.05. The number of nitrogen functional groups attached to an aromatic ring is 1. The maximum Gasteiger partial charge on any atom is 0.229 e. The first-order chi connectivity index (χ1) is 7.47. The van der Waals surface area contributed by atoms with Crippen LogP contribution in [0.4, 0.5) is 11.9 Å². The molecule has 1 fully saturated rings. The Bertz CT molecular complexity index is 373. The number of hydrogen-bond donors (Lipinski definition) is 2. The van der Waals surface area contributed by atoms with Gasteiger partial charge in [0.05, 0.1) is 0 Å². The summed E-state index contributed by atoms with van der Waals surface area (Å²) in [5.41, 5.74) is 5.77. The van der Waals surface area contributed by atoms with E-state index in [0.717, 1.165) is 6.42 Å². The molecule has 6 heteroatoms. The van der Waals surface area contributed by atoms with Crippen LogP contribution in [0.15, 0.2) is 0 Å². The van der Waals surface area contributed by atoms with Crippen molar-refractivity contribution in [1.82, 2.24) is 15.0 Å². The smallest absolute Gasteiger partial charge is 0.229 e. The minimum atomic E-state index is 0.130. The average molecular weight is 242 g/mol. The molecule has 16 heavy (non-hydrogen) atoms. The number of hydrogen-bond acceptors (Lipinski definition) is 5. The molecule has 0 spiro atoms. The standard InChI is InChI=1S/C10H16ClN5/c1-10(2)5-3-4-6(10)13-9-15-7(11)14-8(12)16-9/h6H,3-5H2,1-2H3,(H3,12,13,14,15,16). The van der Waals surface area contributed by atoms with E-state index in [2.05, 4.69) is 34.1 Å². The van der Waals surface area contributed by atoms with Gasteiger partial charge in [0.1, 0.15) is 0 Å². The largest absolute Gasteiger partial charge is 0.368 e. The van der Waals surface area contributed by atoms with Crippen molar-refractivity contribution in [2.45, 2.75) is 39.2 Å². The van der Waals surface area contributed by atoms with Gasteiger partial charge in [0, 0.05) is 6.04 Å². The molecule has 0 saturated heterocycles. The molecule has 1 atom stereocenters. The highest BCUT2D eigenvalue weighted by Gasteiger charge is 2.34. The lowest BCUT2D eigenvalue weighted by atomic mass is 9.87. The molecule has 0 aromatic carbocycles. The zero-order chi connectivity index (χ0) is 11.8. The van der Waals surface area contributed by atoms with Gasteiger partial charge in [0.2, 0.25) is 17.2 Å². The normalized spacial score (nSPS) is 23.3. The van der Waals surface area contributed by atoms with Gasteiger partial charge in [-0.05, 0) is 29.9 Å². The van der Waals surface area contributed by atoms with E-state index >= 15 is 0 Å². The van der Waals surface area contributed by atoms with Gasteiger partial charge in [-0.1, -0.05) is 20.3 Å². The summed E-state index contributed by atoms with van der Waals surface area (Å²) in [6, 6.07) is 0.366. The molecular formula is C10H16ClN5. The van der Waals surface area contributed by atoms with E-state index in [1.54, 1.807) is 0 Å². The number of aromatic nitrogens is 3. The van der Waals surface area contributed by atoms with Crippen LogP contribution in [0, 0.1) is 5.41 Å². The molecule has 1 heterocycles. The lowest BCUT2D eigenvalue weighted by Gasteiger charge is -2.27. The summed E-state index contributed by atoms with van der Waals surface area (Å²) < 4.78 is 0. The monoisotopic (exact) mass is 241 g/mol. The predicted octanol–water partition coefficient (Wildman–Crippen LogP) is 2.10. The van der Waals surface area contributed by atoms with E-state index in [4.69, 9.17) is 17.3 Å². The van der Waals surface area contributed by atoms with Crippen LogP contribution < -0.4 is 11.1 Å². The summed E-state index contributed by atoms with van der Waals surface area (Å²) in [7, 11) is 0. The maximum absolute atomic E-state index is 5.72. The molecule has 0 aliphatic heterocycles. The van der Waals surface area contributed by atoms with Crippen molar-refractivity contribution in [2.24, 2.45) is 5.41 Å². The molecule has 0 radical (unpaired) electrons. The van der Waals surface area contributed by atoms with Gasteiger partial charge in [-0.25, -0.2) is 0 Å². The zero-order valence-corrected chi connectivity index (χ0v) is 10.3. The average Bonchev–Trinajstić information content (AvgIpc) is 2.44. The van der Waals surface area contributed by atoms with Crippen molar-refractivity contribution in [3.05, 3.63) is 5.28 Å². The van der Waals surface area contributed by atoms with Crippen molar-refractivity contribution in [3.8, 4) is 0 Å². The number of nitrogens with one attached hydrogen (secondary N) is 1. The summed E-state index contributed by atoms with van der Waals surface area (Å²) in [4.78, 5) is 11.8. The molecule has 0 amide bonds. The molecular weight excluding hydrogens is 226 g/mol. The van der Waals surface area contributed by atoms with Gasteiger partial charge in [-0.15, -0.1) is 0 Å². The van der Waals surface area contributed by atoms with Crippen LogP contribution in [0.3, 0.4) is 0 Å². The first-order valence-electron chi connectivity index (χ1n) is 5.41. The minimum Gasteiger partial charge on any atom is -0.368 e. The number of nitrogens with two attached hydrogens (primary N) is 1. The van der Waals surface area contributed by atoms with Crippen LogP contribution in [0.2, 0.25) is 5.28 Å². The molecule has 1 aliphatic rings. The van der Waals surface area contributed by atoms with E-state index in [1.807, 2.05) is 0 Å². The fourth-order valence-corrected chi connectivity index (χ4v) is 2.35. The van der Waals surface area contributed by atoms with Crippen LogP contribution in [-0.4, -0.2) is 21.0 Å². The Balaban J connectivity index is 2.14. The van der Waals surface area contributed by atoms with E-state index in [0.29, 0.717) is 12.0 Å². The molecule has 2 rings (SSSR count). The van der Waals surface area contributed by atoms with Gasteiger partial charge in [0.25, 0.3) is 0 Å². The molecule has 1 saturated carbocycles. The molecule has 88 valence electrons. The lowest BCUT2D eigenvalue weighted by Crippen LogP contribution is -2.31. The van der Waals surface area contributed by atoms with E-state index < -0.39 is 0 Å². The fourth-order valence-electron chi connectivity index (χ4n) is 2.18. The summed E-state index contributed by atoms with van der Waals surface area (Å²) in [6.07, 6.45) is 3.55. The minimum absolute atomic E-state index is 0.130. The van der Waals surface area contributed by atoms with Gasteiger partial charge >= 0.3 is 0 Å². The third-order valence-electron chi connectivity index (χ3n) is 3.19. The highest BCUT2D eigenvalue weighted by molar-refractivity contribution is 6.28. The zero-order valence-electron chi connectivity index (χ0n) is 9.50. The number of nitrogens with zero attached hydrogens (tertiary/aromatic N) is 3. The Labute approximate surface area is 99.8 Å². The van der Waals surface area contributed by atoms with E-state index in [9.17, 15) is 0 Å². The molecule has 1 unspecified atom stereocenters. The number of anilines is 2. The predicted molar refractivity (Wildman–Crippen MR) is 64.3 cm³/mol. The summed E-state index contributed by atoms with van der Waals surface area (Å²) in [5, 5.41) is 3.42. The van der Waals surface area contributed by atoms with Gasteiger partial charge in [-0.3, -0.25) is 0 Å². The van der Waals surface area contributed by atoms with Crippen LogP contribution in [0.5, 0.6) is 0 Å². The Morgan fingerprint density at radius 2 is 2.12 bits per heavy atom. The number of halogens is 1. The first kappa shape index (κ1) is 11.4. The highest BCUT2D eigenvalue weighted by Crippen LogP contribution is 2.38. The van der Waals surface area contributed by atoms with Crippen LogP contribution in [0.1, 0.15) is 33.1 Å². The van der Waals surface area contributed by atoms with Crippen molar-refractivity contribution < 1.29 is 0 Å². The molecule has 3 N–H and O–H groups in total. The quantitative estimate of drug-likeness (QED) is 0.829. The van der Waals surface area contributed by atoms with Crippen molar-refractivity contribution >= 4 is 23.5 Å². The van der Waals surface area contributed by atoms with E-state index in [-0.39, 0.29) is 16.6 Å². The number of rotatable bonds is 2. The summed E-state index contributed by atoms with van der Waals surface area (Å²) >= 11 is 5.72. The summed E-state index contributed by atoms with van der Waals surface area (Å²) in [6.45, 7) is 4.48. The molecule has 1 aromatic rings. The molecule has 1 aromatic heterocycles. The second-order valence-electron chi connectivity index (χ2n) is 4.86. The van der Waals surface area contributed by atoms with Crippen molar-refractivity contribution in [1.29, 1.82) is 0 Å².